The molecule has 2 N–H and O–H groups in total. The maximum atomic E-state index is 10.6. The second-order valence-electron chi connectivity index (χ2n) is 2.53. The van der Waals surface area contributed by atoms with Gasteiger partial charge in [0.05, 0.1) is 0 Å². The van der Waals surface area contributed by atoms with Crippen molar-refractivity contribution in [1.29, 1.82) is 0 Å². The zero-order valence-electron chi connectivity index (χ0n) is 5.63. The van der Waals surface area contributed by atoms with Crippen molar-refractivity contribution in [2.45, 2.75) is 6.92 Å². The molecule has 0 aromatic carbocycles. The summed E-state index contributed by atoms with van der Waals surface area (Å²) in [7, 11) is 0. The highest BCUT2D eigenvalue weighted by Gasteiger charge is 2.28. The smallest absolute Gasteiger partial charge is 0.135 e. The number of nitrogens with two attached hydrogens (primary N) is 1. The van der Waals surface area contributed by atoms with Crippen molar-refractivity contribution in [3.63, 3.8) is 0 Å². The average Bonchev–Trinajstić information content (AvgIpc) is 1.61. The minimum atomic E-state index is 0.272. The van der Waals surface area contributed by atoms with Crippen LogP contribution in [0.25, 0.3) is 0 Å². The van der Waals surface area contributed by atoms with Crippen molar-refractivity contribution in [2.75, 3.05) is 19.8 Å². The molecule has 0 aliphatic carbocycles. The SMILES string of the molecule is CC(=O)C1CN(CN)C1. The van der Waals surface area contributed by atoms with Crippen LogP contribution in [-0.4, -0.2) is 30.4 Å². The van der Waals surface area contributed by atoms with Gasteiger partial charge in [0.2, 0.25) is 0 Å². The van der Waals surface area contributed by atoms with Crippen molar-refractivity contribution in [3.8, 4) is 0 Å². The van der Waals surface area contributed by atoms with E-state index in [-0.39, 0.29) is 5.92 Å². The summed E-state index contributed by atoms with van der Waals surface area (Å²) in [4.78, 5) is 12.7. The molecule has 0 aromatic rings. The molecule has 9 heavy (non-hydrogen) atoms. The van der Waals surface area contributed by atoms with Gasteiger partial charge < -0.3 is 5.73 Å². The zero-order chi connectivity index (χ0) is 6.85. The van der Waals surface area contributed by atoms with Gasteiger partial charge in [-0.1, -0.05) is 0 Å². The highest BCUT2D eigenvalue weighted by molar-refractivity contribution is 5.79. The van der Waals surface area contributed by atoms with Gasteiger partial charge in [0.15, 0.2) is 0 Å². The Labute approximate surface area is 54.8 Å². The van der Waals surface area contributed by atoms with Crippen molar-refractivity contribution in [3.05, 3.63) is 0 Å². The van der Waals surface area contributed by atoms with Gasteiger partial charge in [-0.25, -0.2) is 0 Å². The number of carbonyl (C=O) groups excluding carboxylic acids is 1. The molecule has 1 saturated heterocycles. The first-order chi connectivity index (χ1) is 4.24. The number of nitrogens with zero attached hydrogens (tertiary/aromatic N) is 1. The van der Waals surface area contributed by atoms with Crippen LogP contribution in [0, 0.1) is 5.92 Å². The Morgan fingerprint density at radius 1 is 1.78 bits per heavy atom. The van der Waals surface area contributed by atoms with Gasteiger partial charge in [-0.2, -0.15) is 0 Å². The maximum Gasteiger partial charge on any atom is 0.135 e. The van der Waals surface area contributed by atoms with E-state index in [2.05, 4.69) is 0 Å². The number of hydrogen-bond acceptors (Lipinski definition) is 3. The Kier molecular flexibility index (Phi) is 1.83. The first-order valence-corrected chi connectivity index (χ1v) is 3.17. The normalized spacial score (nSPS) is 21.6. The molecular formula is C6H12N2O. The minimum absolute atomic E-state index is 0.272. The fraction of sp³-hybridized carbons (Fsp3) is 0.833. The zero-order valence-corrected chi connectivity index (χ0v) is 5.63. The quantitative estimate of drug-likeness (QED) is 0.541. The first kappa shape index (κ1) is 6.71. The Morgan fingerprint density at radius 3 is 2.67 bits per heavy atom. The largest absolute Gasteiger partial charge is 0.318 e. The Morgan fingerprint density at radius 2 is 2.33 bits per heavy atom. The van der Waals surface area contributed by atoms with E-state index < -0.39 is 0 Å². The summed E-state index contributed by atoms with van der Waals surface area (Å²) in [6.07, 6.45) is 0. The maximum absolute atomic E-state index is 10.6. The Bertz CT molecular complexity index is 118. The Hall–Kier alpha value is -0.410. The fourth-order valence-electron chi connectivity index (χ4n) is 0.976. The summed E-state index contributed by atoms with van der Waals surface area (Å²) in [5, 5.41) is 0. The molecule has 0 amide bonds. The van der Waals surface area contributed by atoms with Gasteiger partial charge in [0, 0.05) is 25.7 Å². The number of carbonyl (C=O) groups is 1. The molecule has 0 radical (unpaired) electrons. The summed E-state index contributed by atoms with van der Waals surface area (Å²) < 4.78 is 0. The van der Waals surface area contributed by atoms with Gasteiger partial charge in [-0.3, -0.25) is 9.69 Å². The molecule has 0 spiro atoms. The lowest BCUT2D eigenvalue weighted by Gasteiger charge is -2.36. The third kappa shape index (κ3) is 1.28. The highest BCUT2D eigenvalue weighted by Crippen LogP contribution is 2.13. The summed E-state index contributed by atoms with van der Waals surface area (Å²) in [6, 6.07) is 0. The number of ketones is 1. The summed E-state index contributed by atoms with van der Waals surface area (Å²) in [6.45, 7) is 3.96. The van der Waals surface area contributed by atoms with E-state index in [1.54, 1.807) is 6.92 Å². The second kappa shape index (κ2) is 2.45. The lowest BCUT2D eigenvalue weighted by molar-refractivity contribution is -0.125. The highest BCUT2D eigenvalue weighted by atomic mass is 16.1. The van der Waals surface area contributed by atoms with Crippen LogP contribution in [0.1, 0.15) is 6.92 Å². The molecule has 0 bridgehead atoms. The van der Waals surface area contributed by atoms with Crippen LogP contribution in [0.4, 0.5) is 0 Å². The van der Waals surface area contributed by atoms with Crippen molar-refractivity contribution < 1.29 is 4.79 Å². The molecular weight excluding hydrogens is 116 g/mol. The molecule has 0 aromatic heterocycles. The van der Waals surface area contributed by atoms with E-state index >= 15 is 0 Å². The van der Waals surface area contributed by atoms with E-state index in [1.807, 2.05) is 4.90 Å². The molecule has 0 saturated carbocycles. The topological polar surface area (TPSA) is 46.3 Å². The van der Waals surface area contributed by atoms with Crippen LogP contribution in [0.2, 0.25) is 0 Å². The van der Waals surface area contributed by atoms with Crippen molar-refractivity contribution >= 4 is 5.78 Å². The predicted octanol–water partition coefficient (Wildman–Crippen LogP) is -0.577. The van der Waals surface area contributed by atoms with Gasteiger partial charge in [0.1, 0.15) is 5.78 Å². The monoisotopic (exact) mass is 128 g/mol. The number of rotatable bonds is 2. The number of hydrogen-bond donors (Lipinski definition) is 1. The standard InChI is InChI=1S/C6H12N2O/c1-5(9)6-2-8(3-6)4-7/h6H,2-4,7H2,1H3. The summed E-state index contributed by atoms with van der Waals surface area (Å²) >= 11 is 0. The lowest BCUT2D eigenvalue weighted by Crippen LogP contribution is -2.51. The minimum Gasteiger partial charge on any atom is -0.318 e. The van der Waals surface area contributed by atoms with E-state index in [1.165, 1.54) is 0 Å². The third-order valence-corrected chi connectivity index (χ3v) is 1.79. The van der Waals surface area contributed by atoms with E-state index in [0.29, 0.717) is 12.5 Å². The van der Waals surface area contributed by atoms with Crippen LogP contribution in [-0.2, 0) is 4.79 Å². The molecule has 3 nitrogen and oxygen atoms in total. The molecule has 1 heterocycles. The van der Waals surface area contributed by atoms with Gasteiger partial charge in [0.25, 0.3) is 0 Å². The van der Waals surface area contributed by atoms with Crippen LogP contribution in [0.15, 0.2) is 0 Å². The van der Waals surface area contributed by atoms with Crippen molar-refractivity contribution in [2.24, 2.45) is 11.7 Å². The van der Waals surface area contributed by atoms with Gasteiger partial charge in [-0.05, 0) is 6.92 Å². The molecule has 1 fully saturated rings. The van der Waals surface area contributed by atoms with Gasteiger partial charge >= 0.3 is 0 Å². The molecule has 0 atom stereocenters. The molecule has 52 valence electrons. The first-order valence-electron chi connectivity index (χ1n) is 3.17. The van der Waals surface area contributed by atoms with Crippen LogP contribution >= 0.6 is 0 Å². The molecule has 1 rings (SSSR count). The molecule has 1 aliphatic heterocycles. The number of Topliss-reactive ketones (excluding diaryl/α,β-unsaturated/α-hetero) is 1. The lowest BCUT2D eigenvalue weighted by atomic mass is 9.97. The van der Waals surface area contributed by atoms with E-state index in [9.17, 15) is 4.79 Å². The Balaban J connectivity index is 2.19. The second-order valence-corrected chi connectivity index (χ2v) is 2.53. The van der Waals surface area contributed by atoms with E-state index in [0.717, 1.165) is 13.1 Å². The van der Waals surface area contributed by atoms with Crippen LogP contribution in [0.5, 0.6) is 0 Å². The third-order valence-electron chi connectivity index (χ3n) is 1.79. The fourth-order valence-corrected chi connectivity index (χ4v) is 0.976. The molecule has 3 heteroatoms. The predicted molar refractivity (Wildman–Crippen MR) is 34.8 cm³/mol. The molecule has 0 unspecified atom stereocenters. The average molecular weight is 128 g/mol. The van der Waals surface area contributed by atoms with Crippen LogP contribution in [0.3, 0.4) is 0 Å². The summed E-state index contributed by atoms with van der Waals surface area (Å²) in [5.41, 5.74) is 5.31. The van der Waals surface area contributed by atoms with Gasteiger partial charge in [-0.15, -0.1) is 0 Å². The number of likely N-dealkylation sites (tertiary alicyclic amines) is 1. The van der Waals surface area contributed by atoms with Crippen LogP contribution < -0.4 is 5.73 Å². The summed E-state index contributed by atoms with van der Waals surface area (Å²) in [5.74, 6) is 0.563. The van der Waals surface area contributed by atoms with Crippen molar-refractivity contribution in [1.82, 2.24) is 4.90 Å². The molecule has 1 aliphatic rings. The van der Waals surface area contributed by atoms with E-state index in [4.69, 9.17) is 5.73 Å².